The van der Waals surface area contributed by atoms with Crippen LogP contribution >= 0.6 is 0 Å². The quantitative estimate of drug-likeness (QED) is 0.591. The Kier molecular flexibility index (Phi) is 2.20. The summed E-state index contributed by atoms with van der Waals surface area (Å²) in [7, 11) is 0. The molecule has 0 aromatic carbocycles. The van der Waals surface area contributed by atoms with E-state index in [1.807, 2.05) is 0 Å². The molecule has 1 aliphatic carbocycles. The first-order valence-electron chi connectivity index (χ1n) is 4.64. The lowest BCUT2D eigenvalue weighted by Gasteiger charge is -2.23. The van der Waals surface area contributed by atoms with Crippen molar-refractivity contribution < 1.29 is 19.1 Å². The fraction of sp³-hybridized carbons (Fsp3) is 0.778. The molecule has 0 N–H and O–H groups in total. The maximum Gasteiger partial charge on any atom is 0.347 e. The van der Waals surface area contributed by atoms with Gasteiger partial charge in [0.1, 0.15) is 0 Å². The standard InChI is InChI=1S/C9H12O4/c10-8(6-2-1-3-6)13-7-4-5-12-9(7)11/h6-7H,1-5H2. The third-order valence-electron chi connectivity index (χ3n) is 2.58. The first-order chi connectivity index (χ1) is 6.27. The van der Waals surface area contributed by atoms with E-state index in [2.05, 4.69) is 4.74 Å². The molecule has 2 fully saturated rings. The van der Waals surface area contributed by atoms with Gasteiger partial charge in [-0.05, 0) is 12.8 Å². The Bertz CT molecular complexity index is 232. The fourth-order valence-electron chi connectivity index (χ4n) is 1.46. The van der Waals surface area contributed by atoms with Crippen LogP contribution in [0.2, 0.25) is 0 Å². The van der Waals surface area contributed by atoms with E-state index >= 15 is 0 Å². The van der Waals surface area contributed by atoms with E-state index in [1.54, 1.807) is 0 Å². The number of hydrogen-bond acceptors (Lipinski definition) is 4. The Morgan fingerprint density at radius 1 is 1.38 bits per heavy atom. The van der Waals surface area contributed by atoms with Crippen LogP contribution in [0.25, 0.3) is 0 Å². The number of carbonyl (C=O) groups is 2. The van der Waals surface area contributed by atoms with Crippen LogP contribution in [0.15, 0.2) is 0 Å². The number of rotatable bonds is 2. The second kappa shape index (κ2) is 3.36. The van der Waals surface area contributed by atoms with Crippen LogP contribution in [0.1, 0.15) is 25.7 Å². The molecule has 13 heavy (non-hydrogen) atoms. The lowest BCUT2D eigenvalue weighted by atomic mass is 9.86. The van der Waals surface area contributed by atoms with Crippen LogP contribution in [-0.2, 0) is 19.1 Å². The van der Waals surface area contributed by atoms with Crippen molar-refractivity contribution in [1.29, 1.82) is 0 Å². The molecule has 1 saturated carbocycles. The van der Waals surface area contributed by atoms with Gasteiger partial charge in [0.25, 0.3) is 0 Å². The topological polar surface area (TPSA) is 52.6 Å². The monoisotopic (exact) mass is 184 g/mol. The Labute approximate surface area is 76.2 Å². The minimum Gasteiger partial charge on any atom is -0.463 e. The minimum absolute atomic E-state index is 0.0356. The van der Waals surface area contributed by atoms with Crippen LogP contribution in [0, 0.1) is 5.92 Å². The zero-order valence-corrected chi connectivity index (χ0v) is 7.32. The van der Waals surface area contributed by atoms with Crippen LogP contribution in [0.3, 0.4) is 0 Å². The Balaban J connectivity index is 1.82. The van der Waals surface area contributed by atoms with Gasteiger partial charge in [-0.15, -0.1) is 0 Å². The van der Waals surface area contributed by atoms with Gasteiger partial charge in [0, 0.05) is 6.42 Å². The Hall–Kier alpha value is -1.06. The molecule has 0 bridgehead atoms. The van der Waals surface area contributed by atoms with E-state index in [0.717, 1.165) is 19.3 Å². The summed E-state index contributed by atoms with van der Waals surface area (Å²) in [5.41, 5.74) is 0. The van der Waals surface area contributed by atoms with E-state index in [0.29, 0.717) is 13.0 Å². The predicted octanol–water partition coefficient (Wildman–Crippen LogP) is 0.645. The van der Waals surface area contributed by atoms with Gasteiger partial charge in [0.2, 0.25) is 6.10 Å². The number of cyclic esters (lactones) is 1. The molecule has 1 saturated heterocycles. The first-order valence-corrected chi connectivity index (χ1v) is 4.64. The lowest BCUT2D eigenvalue weighted by Crippen LogP contribution is -2.30. The average molecular weight is 184 g/mol. The van der Waals surface area contributed by atoms with Crippen molar-refractivity contribution in [2.45, 2.75) is 31.8 Å². The summed E-state index contributed by atoms with van der Waals surface area (Å²) in [6, 6.07) is 0. The van der Waals surface area contributed by atoms with Crippen molar-refractivity contribution in [3.05, 3.63) is 0 Å². The second-order valence-corrected chi connectivity index (χ2v) is 3.51. The van der Waals surface area contributed by atoms with Crippen molar-refractivity contribution in [1.82, 2.24) is 0 Å². The summed E-state index contributed by atoms with van der Waals surface area (Å²) in [6.45, 7) is 0.376. The van der Waals surface area contributed by atoms with E-state index in [9.17, 15) is 9.59 Å². The highest BCUT2D eigenvalue weighted by molar-refractivity contribution is 5.81. The summed E-state index contributed by atoms with van der Waals surface area (Å²) in [4.78, 5) is 22.2. The third kappa shape index (κ3) is 1.66. The molecule has 4 heteroatoms. The van der Waals surface area contributed by atoms with Gasteiger partial charge in [-0.2, -0.15) is 0 Å². The summed E-state index contributed by atoms with van der Waals surface area (Å²) in [6.07, 6.45) is 2.78. The predicted molar refractivity (Wildman–Crippen MR) is 42.8 cm³/mol. The molecule has 2 aliphatic rings. The van der Waals surface area contributed by atoms with Gasteiger partial charge >= 0.3 is 11.9 Å². The molecule has 1 aliphatic heterocycles. The second-order valence-electron chi connectivity index (χ2n) is 3.51. The van der Waals surface area contributed by atoms with Crippen LogP contribution < -0.4 is 0 Å². The molecule has 4 nitrogen and oxygen atoms in total. The Morgan fingerprint density at radius 3 is 2.62 bits per heavy atom. The molecular formula is C9H12O4. The van der Waals surface area contributed by atoms with Crippen molar-refractivity contribution in [2.75, 3.05) is 6.61 Å². The van der Waals surface area contributed by atoms with Gasteiger partial charge in [0.15, 0.2) is 0 Å². The fourth-order valence-corrected chi connectivity index (χ4v) is 1.46. The highest BCUT2D eigenvalue weighted by Crippen LogP contribution is 2.28. The lowest BCUT2D eigenvalue weighted by molar-refractivity contribution is -0.165. The van der Waals surface area contributed by atoms with Gasteiger partial charge in [0.05, 0.1) is 12.5 Å². The maximum absolute atomic E-state index is 11.3. The zero-order valence-electron chi connectivity index (χ0n) is 7.32. The van der Waals surface area contributed by atoms with Crippen LogP contribution in [0.5, 0.6) is 0 Å². The van der Waals surface area contributed by atoms with E-state index in [-0.39, 0.29) is 11.9 Å². The molecule has 0 radical (unpaired) electrons. The van der Waals surface area contributed by atoms with Gasteiger partial charge in [-0.25, -0.2) is 4.79 Å². The number of ether oxygens (including phenoxy) is 2. The highest BCUT2D eigenvalue weighted by Gasteiger charge is 2.34. The SMILES string of the molecule is O=C(OC1CCOC1=O)C1CCC1. The molecule has 1 atom stereocenters. The number of hydrogen-bond donors (Lipinski definition) is 0. The normalized spacial score (nSPS) is 28.0. The molecular weight excluding hydrogens is 172 g/mol. The van der Waals surface area contributed by atoms with Crippen LogP contribution in [0.4, 0.5) is 0 Å². The molecule has 1 unspecified atom stereocenters. The first kappa shape index (κ1) is 8.53. The molecule has 1 heterocycles. The molecule has 0 aromatic heterocycles. The van der Waals surface area contributed by atoms with Crippen LogP contribution in [-0.4, -0.2) is 24.6 Å². The van der Waals surface area contributed by atoms with Gasteiger partial charge in [-0.1, -0.05) is 6.42 Å². The molecule has 72 valence electrons. The number of esters is 2. The molecule has 0 amide bonds. The van der Waals surface area contributed by atoms with Crippen molar-refractivity contribution in [2.24, 2.45) is 5.92 Å². The largest absolute Gasteiger partial charge is 0.463 e. The van der Waals surface area contributed by atoms with Gasteiger partial charge < -0.3 is 9.47 Å². The van der Waals surface area contributed by atoms with Crippen molar-refractivity contribution in [3.8, 4) is 0 Å². The molecule has 0 aromatic rings. The molecule has 0 spiro atoms. The average Bonchev–Trinajstić information content (AvgIpc) is 2.32. The summed E-state index contributed by atoms with van der Waals surface area (Å²) in [5.74, 6) is -0.587. The summed E-state index contributed by atoms with van der Waals surface area (Å²) < 4.78 is 9.70. The smallest absolute Gasteiger partial charge is 0.347 e. The third-order valence-corrected chi connectivity index (χ3v) is 2.58. The number of carbonyl (C=O) groups excluding carboxylic acids is 2. The molecule has 2 rings (SSSR count). The summed E-state index contributed by atoms with van der Waals surface area (Å²) >= 11 is 0. The van der Waals surface area contributed by atoms with Crippen molar-refractivity contribution >= 4 is 11.9 Å². The zero-order chi connectivity index (χ0) is 9.26. The van der Waals surface area contributed by atoms with Gasteiger partial charge in [-0.3, -0.25) is 4.79 Å². The Morgan fingerprint density at radius 2 is 2.15 bits per heavy atom. The maximum atomic E-state index is 11.3. The van der Waals surface area contributed by atoms with E-state index in [1.165, 1.54) is 0 Å². The summed E-state index contributed by atoms with van der Waals surface area (Å²) in [5, 5.41) is 0. The van der Waals surface area contributed by atoms with E-state index in [4.69, 9.17) is 4.74 Å². The highest BCUT2D eigenvalue weighted by atomic mass is 16.6. The van der Waals surface area contributed by atoms with E-state index < -0.39 is 12.1 Å². The van der Waals surface area contributed by atoms with Crippen molar-refractivity contribution in [3.63, 3.8) is 0 Å². The minimum atomic E-state index is -0.631.